The van der Waals surface area contributed by atoms with E-state index < -0.39 is 9.84 Å². The number of aryl methyl sites for hydroxylation is 1. The molecule has 6 nitrogen and oxygen atoms in total. The molecule has 1 amide bonds. The number of pyridine rings is 1. The van der Waals surface area contributed by atoms with E-state index in [4.69, 9.17) is 0 Å². The van der Waals surface area contributed by atoms with Crippen LogP contribution in [0.1, 0.15) is 17.7 Å². The Morgan fingerprint density at radius 2 is 2.33 bits per heavy atom. The van der Waals surface area contributed by atoms with Crippen molar-refractivity contribution in [2.45, 2.75) is 25.8 Å². The van der Waals surface area contributed by atoms with Gasteiger partial charge in [-0.15, -0.1) is 6.58 Å². The Morgan fingerprint density at radius 1 is 1.54 bits per heavy atom. The number of carbonyl (C=O) groups is 1. The molecule has 1 fully saturated rings. The molecule has 1 atom stereocenters. The number of carbonyl (C=O) groups excluding carboxylic acids is 1. The molecule has 2 aromatic heterocycles. The number of hydrogen-bond donors (Lipinski definition) is 0. The second-order valence-corrected chi connectivity index (χ2v) is 8.43. The van der Waals surface area contributed by atoms with Crippen LogP contribution in [0.25, 0.3) is 5.65 Å². The Balaban J connectivity index is 1.83. The monoisotopic (exact) mass is 347 g/mol. The Morgan fingerprint density at radius 3 is 3.00 bits per heavy atom. The van der Waals surface area contributed by atoms with Gasteiger partial charge >= 0.3 is 0 Å². The van der Waals surface area contributed by atoms with Crippen molar-refractivity contribution in [2.75, 3.05) is 18.1 Å². The van der Waals surface area contributed by atoms with Gasteiger partial charge in [0.05, 0.1) is 23.6 Å². The van der Waals surface area contributed by atoms with Crippen molar-refractivity contribution in [3.63, 3.8) is 0 Å². The molecule has 1 aliphatic rings. The number of rotatable bonds is 5. The van der Waals surface area contributed by atoms with Crippen LogP contribution < -0.4 is 0 Å². The number of hydrogen-bond acceptors (Lipinski definition) is 4. The van der Waals surface area contributed by atoms with Crippen LogP contribution in [0.5, 0.6) is 0 Å². The summed E-state index contributed by atoms with van der Waals surface area (Å²) in [5.74, 6) is 0.0898. The van der Waals surface area contributed by atoms with Gasteiger partial charge in [-0.3, -0.25) is 4.79 Å². The maximum Gasteiger partial charge on any atom is 0.229 e. The first-order valence-corrected chi connectivity index (χ1v) is 9.76. The molecule has 0 aliphatic carbocycles. The van der Waals surface area contributed by atoms with Crippen LogP contribution in [0.3, 0.4) is 0 Å². The summed E-state index contributed by atoms with van der Waals surface area (Å²) < 4.78 is 25.4. The fraction of sp³-hybridized carbons (Fsp3) is 0.412. The maximum absolute atomic E-state index is 12.8. The summed E-state index contributed by atoms with van der Waals surface area (Å²) in [7, 11) is -3.04. The summed E-state index contributed by atoms with van der Waals surface area (Å²) in [6, 6.07) is 3.63. The fourth-order valence-corrected chi connectivity index (χ4v) is 4.94. The predicted octanol–water partition coefficient (Wildman–Crippen LogP) is 1.39. The van der Waals surface area contributed by atoms with Gasteiger partial charge in [0.1, 0.15) is 5.65 Å². The molecular formula is C17H21N3O3S. The molecule has 2 aromatic rings. The number of nitrogens with zero attached hydrogens (tertiary/aromatic N) is 3. The number of imidazole rings is 1. The Hall–Kier alpha value is -2.15. The average molecular weight is 347 g/mol. The van der Waals surface area contributed by atoms with Gasteiger partial charge in [0.2, 0.25) is 5.91 Å². The topological polar surface area (TPSA) is 71.8 Å². The molecule has 0 spiro atoms. The SMILES string of the molecule is C=CCN(C(=O)Cc1cnc2c(C)cccn12)C1CCS(=O)(=O)C1. The van der Waals surface area contributed by atoms with Crippen LogP contribution in [0.4, 0.5) is 0 Å². The van der Waals surface area contributed by atoms with Gasteiger partial charge in [-0.05, 0) is 25.0 Å². The normalized spacial score (nSPS) is 19.5. The maximum atomic E-state index is 12.8. The molecule has 1 saturated heterocycles. The highest BCUT2D eigenvalue weighted by Crippen LogP contribution is 2.19. The van der Waals surface area contributed by atoms with E-state index in [1.165, 1.54) is 0 Å². The van der Waals surface area contributed by atoms with Crippen LogP contribution >= 0.6 is 0 Å². The third-order valence-electron chi connectivity index (χ3n) is 4.44. The summed E-state index contributed by atoms with van der Waals surface area (Å²) in [5, 5.41) is 0. The second-order valence-electron chi connectivity index (χ2n) is 6.20. The van der Waals surface area contributed by atoms with Crippen LogP contribution in [-0.4, -0.2) is 52.7 Å². The van der Waals surface area contributed by atoms with Gasteiger partial charge in [-0.1, -0.05) is 12.1 Å². The molecule has 0 bridgehead atoms. The molecule has 128 valence electrons. The number of fused-ring (bicyclic) bond motifs is 1. The van der Waals surface area contributed by atoms with Gasteiger partial charge in [0, 0.05) is 25.0 Å². The van der Waals surface area contributed by atoms with Crippen molar-refractivity contribution in [1.82, 2.24) is 14.3 Å². The second kappa shape index (κ2) is 6.39. The number of sulfone groups is 1. The van der Waals surface area contributed by atoms with E-state index in [2.05, 4.69) is 11.6 Å². The van der Waals surface area contributed by atoms with E-state index in [-0.39, 0.29) is 29.9 Å². The first kappa shape index (κ1) is 16.7. The highest BCUT2D eigenvalue weighted by Gasteiger charge is 2.34. The number of amides is 1. The van der Waals surface area contributed by atoms with E-state index >= 15 is 0 Å². The van der Waals surface area contributed by atoms with Gasteiger partial charge in [-0.2, -0.15) is 0 Å². The lowest BCUT2D eigenvalue weighted by molar-refractivity contribution is -0.131. The quantitative estimate of drug-likeness (QED) is 0.766. The first-order valence-electron chi connectivity index (χ1n) is 7.93. The highest BCUT2D eigenvalue weighted by molar-refractivity contribution is 7.91. The first-order chi connectivity index (χ1) is 11.4. The molecule has 0 N–H and O–H groups in total. The third-order valence-corrected chi connectivity index (χ3v) is 6.19. The molecule has 3 heterocycles. The molecule has 24 heavy (non-hydrogen) atoms. The van der Waals surface area contributed by atoms with Crippen LogP contribution in [-0.2, 0) is 21.1 Å². The zero-order chi connectivity index (χ0) is 17.3. The van der Waals surface area contributed by atoms with Crippen LogP contribution in [0.15, 0.2) is 37.2 Å². The minimum atomic E-state index is -3.04. The summed E-state index contributed by atoms with van der Waals surface area (Å²) in [4.78, 5) is 18.8. The standard InChI is InChI=1S/C17H21N3O3S/c1-3-7-19(14-6-9-24(22,23)12-14)16(21)10-15-11-18-17-13(2)5-4-8-20(15)17/h3-5,8,11,14H,1,6-7,9-10,12H2,2H3. The van der Waals surface area contributed by atoms with E-state index in [0.29, 0.717) is 13.0 Å². The van der Waals surface area contributed by atoms with Crippen LogP contribution in [0, 0.1) is 6.92 Å². The van der Waals surface area contributed by atoms with E-state index in [0.717, 1.165) is 16.9 Å². The van der Waals surface area contributed by atoms with Crippen molar-refractivity contribution in [1.29, 1.82) is 0 Å². The lowest BCUT2D eigenvalue weighted by Crippen LogP contribution is -2.42. The summed E-state index contributed by atoms with van der Waals surface area (Å²) >= 11 is 0. The molecule has 0 aromatic carbocycles. The molecule has 1 aliphatic heterocycles. The average Bonchev–Trinajstić information content (AvgIpc) is 3.09. The molecule has 1 unspecified atom stereocenters. The van der Waals surface area contributed by atoms with Gasteiger partial charge in [0.25, 0.3) is 0 Å². The molecular weight excluding hydrogens is 326 g/mol. The summed E-state index contributed by atoms with van der Waals surface area (Å²) in [6.45, 7) is 6.02. The third kappa shape index (κ3) is 3.21. The predicted molar refractivity (Wildman–Crippen MR) is 92.6 cm³/mol. The summed E-state index contributed by atoms with van der Waals surface area (Å²) in [6.07, 6.45) is 5.91. The zero-order valence-electron chi connectivity index (χ0n) is 13.7. The molecule has 7 heteroatoms. The van der Waals surface area contributed by atoms with Crippen molar-refractivity contribution < 1.29 is 13.2 Å². The lowest BCUT2D eigenvalue weighted by atomic mass is 10.2. The number of aromatic nitrogens is 2. The van der Waals surface area contributed by atoms with Gasteiger partial charge in [0.15, 0.2) is 9.84 Å². The Bertz CT molecular complexity index is 886. The molecule has 0 radical (unpaired) electrons. The largest absolute Gasteiger partial charge is 0.335 e. The van der Waals surface area contributed by atoms with E-state index in [1.54, 1.807) is 17.2 Å². The minimum Gasteiger partial charge on any atom is -0.335 e. The van der Waals surface area contributed by atoms with Crippen molar-refractivity contribution in [3.8, 4) is 0 Å². The minimum absolute atomic E-state index is 0.0405. The van der Waals surface area contributed by atoms with Crippen molar-refractivity contribution in [2.24, 2.45) is 0 Å². The summed E-state index contributed by atoms with van der Waals surface area (Å²) in [5.41, 5.74) is 2.67. The highest BCUT2D eigenvalue weighted by atomic mass is 32.2. The molecule has 3 rings (SSSR count). The molecule has 0 saturated carbocycles. The lowest BCUT2D eigenvalue weighted by Gasteiger charge is -2.27. The van der Waals surface area contributed by atoms with Crippen LogP contribution in [0.2, 0.25) is 0 Å². The van der Waals surface area contributed by atoms with Crippen molar-refractivity contribution >= 4 is 21.4 Å². The smallest absolute Gasteiger partial charge is 0.229 e. The Kier molecular flexibility index (Phi) is 4.45. The van der Waals surface area contributed by atoms with Crippen molar-refractivity contribution in [3.05, 3.63) is 48.4 Å². The zero-order valence-corrected chi connectivity index (χ0v) is 14.5. The fourth-order valence-electron chi connectivity index (χ4n) is 3.20. The Labute approximate surface area is 141 Å². The van der Waals surface area contributed by atoms with Gasteiger partial charge < -0.3 is 9.30 Å². The van der Waals surface area contributed by atoms with E-state index in [9.17, 15) is 13.2 Å². The van der Waals surface area contributed by atoms with Gasteiger partial charge in [-0.25, -0.2) is 13.4 Å². The van der Waals surface area contributed by atoms with E-state index in [1.807, 2.05) is 29.7 Å².